The largest absolute Gasteiger partial charge is 0.481 e. The number of hydrogen-bond donors (Lipinski definition) is 2. The molecule has 2 aliphatic carbocycles. The summed E-state index contributed by atoms with van der Waals surface area (Å²) in [7, 11) is 0. The Balaban J connectivity index is 0.000000135. The minimum atomic E-state index is -0.602. The number of carboxylic acid groups (broad SMARTS) is 1. The standard InChI is InChI=1S/C31H38N4O3.C29H36N4O4.C24H28N4O2.C7H12O2/c36-29(23-7-3-1-4-8-23)33-17-15-32(16-18-33)28-21-35(22-28)31(38)26-11-12-27-20-34(14-13-25(27)19-26)30(37)24-9-5-2-6-10-24;1-29(2,3)37-28(36)32-12-11-22-17-23(9-10-24(22)18-32)27(35)33-19-25(20-33)30-13-15-31(16-14-30)26(34)21-7-5-4-6-8-21;29-23(18-4-2-1-3-5-18)27-12-10-26(11-13-27)22-16-28(17-22)24(30)20-6-7-21-15-25-9-8-19(21)14-20;8-7(9)6-4-2-1-3-5-6/h1,3-4,7-8,11-12,19,24,28H,2,5-6,9-10,13-18,20-22H2;4-10,17,25H,11-16,18-20H2,1-3H3;1-7,14,22,25H,8-13,15-17H2;6H,1-5H2,(H,8,9). The van der Waals surface area contributed by atoms with Crippen LogP contribution in [0.3, 0.4) is 0 Å². The molecule has 0 bridgehead atoms. The summed E-state index contributed by atoms with van der Waals surface area (Å²) >= 11 is 0. The van der Waals surface area contributed by atoms with E-state index in [1.54, 1.807) is 4.90 Å². The molecular weight excluding hydrogens is 1440 g/mol. The number of ether oxygens (including phenoxy) is 1. The second-order valence-electron chi connectivity index (χ2n) is 33.7. The molecule has 0 unspecified atom stereocenters. The molecule has 8 fully saturated rings. The number of hydrogen-bond acceptors (Lipinski definition) is 14. The number of rotatable bonds is 11. The van der Waals surface area contributed by atoms with E-state index in [9.17, 15) is 43.2 Å². The van der Waals surface area contributed by atoms with Crippen molar-refractivity contribution in [1.82, 2.24) is 59.2 Å². The van der Waals surface area contributed by atoms with Crippen molar-refractivity contribution in [3.05, 3.63) is 212 Å². The molecule has 114 heavy (non-hydrogen) atoms. The fraction of sp³-hybridized carbons (Fsp3) is 0.505. The zero-order valence-corrected chi connectivity index (χ0v) is 66.9. The van der Waals surface area contributed by atoms with Crippen molar-refractivity contribution in [1.29, 1.82) is 0 Å². The Bertz CT molecular complexity index is 4370. The molecule has 9 heterocycles. The van der Waals surface area contributed by atoms with Crippen LogP contribution >= 0.6 is 0 Å². The van der Waals surface area contributed by atoms with Crippen LogP contribution in [-0.2, 0) is 53.2 Å². The van der Waals surface area contributed by atoms with E-state index in [1.807, 2.05) is 176 Å². The maximum atomic E-state index is 13.2. The quantitative estimate of drug-likeness (QED) is 0.123. The summed E-state index contributed by atoms with van der Waals surface area (Å²) in [5.41, 5.74) is 11.2. The molecule has 0 spiro atoms. The number of carbonyl (C=O) groups excluding carboxylic acids is 8. The number of nitrogens with one attached hydrogen (secondary N) is 1. The van der Waals surface area contributed by atoms with Crippen LogP contribution in [0.2, 0.25) is 0 Å². The monoisotopic (exact) mass is 1550 g/mol. The Morgan fingerprint density at radius 1 is 0.342 bits per heavy atom. The van der Waals surface area contributed by atoms with Gasteiger partial charge in [-0.15, -0.1) is 0 Å². The molecule has 23 heteroatoms. The topological polar surface area (TPSA) is 231 Å². The van der Waals surface area contributed by atoms with Gasteiger partial charge in [0.05, 0.1) is 5.92 Å². The van der Waals surface area contributed by atoms with Crippen LogP contribution in [0.1, 0.15) is 181 Å². The molecule has 6 saturated heterocycles. The van der Waals surface area contributed by atoms with Crippen LogP contribution in [0.15, 0.2) is 146 Å². The minimum Gasteiger partial charge on any atom is -0.481 e. The maximum absolute atomic E-state index is 13.2. The highest BCUT2D eigenvalue weighted by Crippen LogP contribution is 2.32. The molecule has 2 N–H and O–H groups in total. The van der Waals surface area contributed by atoms with E-state index in [2.05, 4.69) is 44.3 Å². The summed E-state index contributed by atoms with van der Waals surface area (Å²) in [6.45, 7) is 24.0. The second-order valence-corrected chi connectivity index (χ2v) is 33.7. The third-order valence-corrected chi connectivity index (χ3v) is 25.0. The van der Waals surface area contributed by atoms with Crippen molar-refractivity contribution in [3.63, 3.8) is 0 Å². The summed E-state index contributed by atoms with van der Waals surface area (Å²) in [4.78, 5) is 136. The molecule has 8 amide bonds. The molecule has 17 rings (SSSR count). The van der Waals surface area contributed by atoms with E-state index in [-0.39, 0.29) is 53.4 Å². The zero-order chi connectivity index (χ0) is 79.4. The number of nitrogens with zero attached hydrogens (tertiary/aromatic N) is 11. The first-order chi connectivity index (χ1) is 55.2. The first-order valence-electron chi connectivity index (χ1n) is 41.9. The van der Waals surface area contributed by atoms with E-state index in [1.165, 1.54) is 47.9 Å². The molecule has 2 saturated carbocycles. The first-order valence-corrected chi connectivity index (χ1v) is 41.9. The van der Waals surface area contributed by atoms with Crippen LogP contribution in [0.25, 0.3) is 0 Å². The van der Waals surface area contributed by atoms with Crippen LogP contribution in [0.4, 0.5) is 4.79 Å². The van der Waals surface area contributed by atoms with Crippen molar-refractivity contribution in [2.75, 3.05) is 137 Å². The number of likely N-dealkylation sites (tertiary alicyclic amines) is 3. The Labute approximate surface area is 671 Å². The van der Waals surface area contributed by atoms with E-state index >= 15 is 0 Å². The van der Waals surface area contributed by atoms with Crippen molar-refractivity contribution in [3.8, 4) is 0 Å². The molecule has 6 aromatic carbocycles. The third kappa shape index (κ3) is 19.9. The van der Waals surface area contributed by atoms with Gasteiger partial charge in [-0.25, -0.2) is 4.79 Å². The summed E-state index contributed by atoms with van der Waals surface area (Å²) in [6.07, 6.45) is 13.1. The molecule has 9 aliphatic heterocycles. The van der Waals surface area contributed by atoms with Crippen LogP contribution in [0.5, 0.6) is 0 Å². The smallest absolute Gasteiger partial charge is 0.410 e. The van der Waals surface area contributed by atoms with E-state index < -0.39 is 11.6 Å². The molecule has 23 nitrogen and oxygen atoms in total. The fourth-order valence-electron chi connectivity index (χ4n) is 17.9. The Morgan fingerprint density at radius 3 is 1.04 bits per heavy atom. The molecule has 604 valence electrons. The van der Waals surface area contributed by atoms with Crippen molar-refractivity contribution in [2.45, 2.75) is 148 Å². The van der Waals surface area contributed by atoms with Gasteiger partial charge in [0.25, 0.3) is 35.4 Å². The normalized spacial score (nSPS) is 20.1. The number of fused-ring (bicyclic) bond motifs is 3. The SMILES string of the molecule is CC(C)(C)OC(=O)N1CCc2cc(C(=O)N3CC(N4CCN(C(=O)c5ccccc5)CC4)C3)ccc2C1.O=C(O)C1CCCCC1.O=C(c1ccccc1)N1CCN(C2CN(C(=O)c3ccc4c(c3)CCN(C(=O)C3CCCCC3)C4)C2)CC1.O=C(c1ccccc1)N1CCN(C2CN(C(=O)c3ccc4c(c3)CCNC4)C2)CC1. The van der Waals surface area contributed by atoms with Gasteiger partial charge in [0.2, 0.25) is 5.91 Å². The zero-order valence-electron chi connectivity index (χ0n) is 66.9. The van der Waals surface area contributed by atoms with Gasteiger partial charge in [0, 0.05) is 208 Å². The van der Waals surface area contributed by atoms with Gasteiger partial charge in [0.15, 0.2) is 0 Å². The minimum absolute atomic E-state index is 0.0289. The number of carbonyl (C=O) groups is 9. The van der Waals surface area contributed by atoms with Crippen LogP contribution < -0.4 is 5.32 Å². The fourth-order valence-corrected chi connectivity index (χ4v) is 17.9. The Kier molecular flexibility index (Phi) is 26.4. The summed E-state index contributed by atoms with van der Waals surface area (Å²) in [5, 5.41) is 11.9. The average Bonchev–Trinajstić information content (AvgIpc) is 0.790. The van der Waals surface area contributed by atoms with Crippen LogP contribution in [0, 0.1) is 11.8 Å². The third-order valence-electron chi connectivity index (χ3n) is 25.0. The van der Waals surface area contributed by atoms with E-state index in [4.69, 9.17) is 9.84 Å². The van der Waals surface area contributed by atoms with E-state index in [0.717, 1.165) is 215 Å². The van der Waals surface area contributed by atoms with Gasteiger partial charge in [-0.05, 0) is 178 Å². The lowest BCUT2D eigenvalue weighted by Crippen LogP contribution is -2.64. The van der Waals surface area contributed by atoms with Gasteiger partial charge in [-0.2, -0.15) is 0 Å². The van der Waals surface area contributed by atoms with Gasteiger partial charge in [0.1, 0.15) is 5.60 Å². The summed E-state index contributed by atoms with van der Waals surface area (Å²) in [5.74, 6) is 0.512. The summed E-state index contributed by atoms with van der Waals surface area (Å²) in [6, 6.07) is 47.6. The van der Waals surface area contributed by atoms with Crippen molar-refractivity contribution >= 4 is 53.4 Å². The van der Waals surface area contributed by atoms with Crippen molar-refractivity contribution in [2.24, 2.45) is 11.8 Å². The average molecular weight is 1550 g/mol. The Hall–Kier alpha value is -9.81. The number of benzene rings is 6. The number of piperazine rings is 3. The second kappa shape index (κ2) is 37.2. The lowest BCUT2D eigenvalue weighted by Gasteiger charge is -2.48. The van der Waals surface area contributed by atoms with Gasteiger partial charge >= 0.3 is 12.1 Å². The first kappa shape index (κ1) is 80.8. The molecule has 0 atom stereocenters. The predicted octanol–water partition coefficient (Wildman–Crippen LogP) is 9.96. The molecule has 11 aliphatic rings. The van der Waals surface area contributed by atoms with Crippen LogP contribution in [-0.4, -0.2) is 274 Å². The molecule has 0 radical (unpaired) electrons. The van der Waals surface area contributed by atoms with Gasteiger partial charge in [-0.1, -0.05) is 111 Å². The predicted molar refractivity (Wildman–Crippen MR) is 436 cm³/mol. The molecule has 6 aromatic rings. The Morgan fingerprint density at radius 2 is 0.675 bits per heavy atom. The highest BCUT2D eigenvalue weighted by Gasteiger charge is 2.42. The number of amides is 8. The van der Waals surface area contributed by atoms with Crippen molar-refractivity contribution < 1.29 is 53.0 Å². The highest BCUT2D eigenvalue weighted by molar-refractivity contribution is 5.98. The maximum Gasteiger partial charge on any atom is 0.410 e. The molecular formula is C91H114N12O11. The highest BCUT2D eigenvalue weighted by atomic mass is 16.6. The number of carboxylic acids is 1. The molecule has 0 aromatic heterocycles. The number of aliphatic carboxylic acids is 1. The summed E-state index contributed by atoms with van der Waals surface area (Å²) < 4.78 is 5.51. The van der Waals surface area contributed by atoms with Gasteiger partial charge in [-0.3, -0.25) is 53.1 Å². The lowest BCUT2D eigenvalue weighted by atomic mass is 9.87. The van der Waals surface area contributed by atoms with E-state index in [0.29, 0.717) is 68.7 Å². The van der Waals surface area contributed by atoms with Gasteiger partial charge < -0.3 is 54.4 Å². The lowest BCUT2D eigenvalue weighted by molar-refractivity contribution is -0.142.